The van der Waals surface area contributed by atoms with Gasteiger partial charge < -0.3 is 55.4 Å². The monoisotopic (exact) mass is 406 g/mol. The molecular weight excluding hydrogens is 392 g/mol. The van der Waals surface area contributed by atoms with Crippen molar-refractivity contribution in [1.29, 1.82) is 0 Å². The fourth-order valence-electron chi connectivity index (χ4n) is 2.33. The van der Waals surface area contributed by atoms with Crippen LogP contribution in [0.15, 0.2) is 30.3 Å². The van der Waals surface area contributed by atoms with Crippen molar-refractivity contribution in [2.75, 3.05) is 0 Å². The number of phenolic OH excluding ortho intramolecular Hbond substituents is 9. The fraction of sp³-hybridized carbons (Fsp3) is 0. The highest BCUT2D eigenvalue weighted by Crippen LogP contribution is 2.53. The van der Waals surface area contributed by atoms with Crippen LogP contribution in [0.2, 0.25) is 0 Å². The topological polar surface area (TPSA) is 201 Å². The molecule has 0 unspecified atom stereocenters. The fourth-order valence-corrected chi connectivity index (χ4v) is 2.33. The lowest BCUT2D eigenvalue weighted by molar-refractivity contribution is 0.323. The van der Waals surface area contributed by atoms with Gasteiger partial charge in [0, 0.05) is 30.3 Å². The molecule has 3 aromatic carbocycles. The Balaban J connectivity index is 2.11. The Morgan fingerprint density at radius 1 is 0.448 bits per heavy atom. The Morgan fingerprint density at radius 2 is 0.966 bits per heavy atom. The maximum Gasteiger partial charge on any atom is 0.215 e. The number of hydrogen-bond acceptors (Lipinski definition) is 11. The first kappa shape index (κ1) is 19.2. The Morgan fingerprint density at radius 3 is 1.52 bits per heavy atom. The SMILES string of the molecule is Oc1cc(O)c(Oc2cc(O)c(O)c(O)c2Oc2cc(O)c(O)c(O)c2)c(O)c1. The Bertz CT molecular complexity index is 1060. The van der Waals surface area contributed by atoms with Crippen molar-refractivity contribution >= 4 is 0 Å². The lowest BCUT2D eigenvalue weighted by atomic mass is 10.2. The molecule has 0 saturated carbocycles. The molecule has 0 aromatic heterocycles. The molecule has 29 heavy (non-hydrogen) atoms. The van der Waals surface area contributed by atoms with Crippen LogP contribution >= 0.6 is 0 Å². The number of phenols is 9. The van der Waals surface area contributed by atoms with Crippen LogP contribution in [-0.2, 0) is 0 Å². The van der Waals surface area contributed by atoms with Crippen molar-refractivity contribution in [3.63, 3.8) is 0 Å². The molecular formula is C18H14O11. The molecule has 0 spiro atoms. The number of aromatic hydroxyl groups is 9. The van der Waals surface area contributed by atoms with E-state index in [2.05, 4.69) is 0 Å². The van der Waals surface area contributed by atoms with E-state index < -0.39 is 69.0 Å². The summed E-state index contributed by atoms with van der Waals surface area (Å²) in [6, 6.07) is 4.17. The summed E-state index contributed by atoms with van der Waals surface area (Å²) >= 11 is 0. The zero-order valence-corrected chi connectivity index (χ0v) is 14.2. The molecule has 9 N–H and O–H groups in total. The van der Waals surface area contributed by atoms with Gasteiger partial charge in [0.25, 0.3) is 0 Å². The molecule has 0 aliphatic heterocycles. The molecule has 0 radical (unpaired) electrons. The van der Waals surface area contributed by atoms with Crippen LogP contribution in [0.25, 0.3) is 0 Å². The maximum absolute atomic E-state index is 10.1. The van der Waals surface area contributed by atoms with E-state index in [1.54, 1.807) is 0 Å². The summed E-state index contributed by atoms with van der Waals surface area (Å²) < 4.78 is 10.5. The lowest BCUT2D eigenvalue weighted by Crippen LogP contribution is -1.93. The largest absolute Gasteiger partial charge is 0.508 e. The van der Waals surface area contributed by atoms with Gasteiger partial charge in [0.2, 0.25) is 28.7 Å². The average Bonchev–Trinajstić information content (AvgIpc) is 2.63. The van der Waals surface area contributed by atoms with Gasteiger partial charge in [-0.1, -0.05) is 0 Å². The van der Waals surface area contributed by atoms with Gasteiger partial charge in [-0.15, -0.1) is 0 Å². The molecule has 11 nitrogen and oxygen atoms in total. The van der Waals surface area contributed by atoms with Crippen LogP contribution in [0.4, 0.5) is 0 Å². The first-order valence-corrected chi connectivity index (χ1v) is 7.72. The Hall–Kier alpha value is -4.54. The summed E-state index contributed by atoms with van der Waals surface area (Å²) in [6.45, 7) is 0. The molecule has 0 bridgehead atoms. The minimum atomic E-state index is -1.02. The second-order valence-corrected chi connectivity index (χ2v) is 5.75. The zero-order valence-electron chi connectivity index (χ0n) is 14.2. The summed E-state index contributed by atoms with van der Waals surface area (Å²) in [5.41, 5.74) is 0. The third-order valence-corrected chi connectivity index (χ3v) is 3.68. The van der Waals surface area contributed by atoms with Gasteiger partial charge in [0.1, 0.15) is 11.5 Å². The van der Waals surface area contributed by atoms with Gasteiger partial charge in [0.05, 0.1) is 0 Å². The van der Waals surface area contributed by atoms with E-state index in [0.717, 1.165) is 30.3 Å². The van der Waals surface area contributed by atoms with Gasteiger partial charge in [-0.2, -0.15) is 0 Å². The van der Waals surface area contributed by atoms with Gasteiger partial charge in [-0.25, -0.2) is 0 Å². The Labute approximate surface area is 161 Å². The van der Waals surface area contributed by atoms with Crippen LogP contribution in [0, 0.1) is 0 Å². The van der Waals surface area contributed by atoms with E-state index in [-0.39, 0.29) is 5.75 Å². The second kappa shape index (κ2) is 6.88. The smallest absolute Gasteiger partial charge is 0.215 e. The quantitative estimate of drug-likeness (QED) is 0.288. The number of ether oxygens (including phenoxy) is 2. The molecule has 152 valence electrons. The number of hydrogen-bond donors (Lipinski definition) is 9. The van der Waals surface area contributed by atoms with Gasteiger partial charge in [-0.3, -0.25) is 0 Å². The first-order chi connectivity index (χ1) is 13.6. The highest BCUT2D eigenvalue weighted by atomic mass is 16.5. The number of benzene rings is 3. The summed E-state index contributed by atoms with van der Waals surface area (Å²) in [4.78, 5) is 0. The predicted molar refractivity (Wildman–Crippen MR) is 94.5 cm³/mol. The molecule has 11 heteroatoms. The van der Waals surface area contributed by atoms with Crippen LogP contribution < -0.4 is 9.47 Å². The minimum Gasteiger partial charge on any atom is -0.508 e. The van der Waals surface area contributed by atoms with Crippen molar-refractivity contribution in [1.82, 2.24) is 0 Å². The molecule has 0 atom stereocenters. The van der Waals surface area contributed by atoms with Crippen LogP contribution in [-0.4, -0.2) is 46.0 Å². The van der Waals surface area contributed by atoms with Crippen molar-refractivity contribution in [3.05, 3.63) is 30.3 Å². The van der Waals surface area contributed by atoms with E-state index in [1.807, 2.05) is 0 Å². The van der Waals surface area contributed by atoms with E-state index in [9.17, 15) is 46.0 Å². The molecule has 0 fully saturated rings. The Kier molecular flexibility index (Phi) is 4.56. The van der Waals surface area contributed by atoms with E-state index in [4.69, 9.17) is 9.47 Å². The third-order valence-electron chi connectivity index (χ3n) is 3.68. The van der Waals surface area contributed by atoms with Gasteiger partial charge in [-0.05, 0) is 0 Å². The lowest BCUT2D eigenvalue weighted by Gasteiger charge is -2.17. The summed E-state index contributed by atoms with van der Waals surface area (Å²) in [5.74, 6) is -9.23. The normalized spacial score (nSPS) is 10.6. The zero-order chi connectivity index (χ0) is 21.5. The highest BCUT2D eigenvalue weighted by Gasteiger charge is 2.24. The van der Waals surface area contributed by atoms with E-state index in [1.165, 1.54) is 0 Å². The van der Waals surface area contributed by atoms with Gasteiger partial charge in [0.15, 0.2) is 34.5 Å². The standard InChI is InChI=1S/C18H14O11/c19-6-1-11(23)17(12(24)2-6)29-13-5-10(22)15(26)16(27)18(13)28-7-3-8(20)14(25)9(21)4-7/h1-5,19-27H. The first-order valence-electron chi connectivity index (χ1n) is 7.72. The second-order valence-electron chi connectivity index (χ2n) is 5.75. The van der Waals surface area contributed by atoms with Crippen molar-refractivity contribution < 1.29 is 55.4 Å². The predicted octanol–water partition coefficient (Wildman–Crippen LogP) is 2.62. The van der Waals surface area contributed by atoms with Crippen LogP contribution in [0.3, 0.4) is 0 Å². The van der Waals surface area contributed by atoms with Crippen molar-refractivity contribution in [2.24, 2.45) is 0 Å². The van der Waals surface area contributed by atoms with Crippen LogP contribution in [0.1, 0.15) is 0 Å². The third kappa shape index (κ3) is 3.51. The molecule has 3 aromatic rings. The number of rotatable bonds is 4. The molecule has 0 amide bonds. The summed E-state index contributed by atoms with van der Waals surface area (Å²) in [7, 11) is 0. The highest BCUT2D eigenvalue weighted by molar-refractivity contribution is 5.67. The van der Waals surface area contributed by atoms with Crippen molar-refractivity contribution in [2.45, 2.75) is 0 Å². The summed E-state index contributed by atoms with van der Waals surface area (Å²) in [6.07, 6.45) is 0. The summed E-state index contributed by atoms with van der Waals surface area (Å²) in [5, 5.41) is 87.2. The molecule has 0 saturated heterocycles. The molecule has 0 aliphatic carbocycles. The maximum atomic E-state index is 10.1. The minimum absolute atomic E-state index is 0.331. The van der Waals surface area contributed by atoms with Crippen molar-refractivity contribution in [3.8, 4) is 74.7 Å². The van der Waals surface area contributed by atoms with Crippen LogP contribution in [0.5, 0.6) is 74.7 Å². The average molecular weight is 406 g/mol. The molecule has 0 heterocycles. The van der Waals surface area contributed by atoms with E-state index in [0.29, 0.717) is 0 Å². The van der Waals surface area contributed by atoms with Gasteiger partial charge >= 0.3 is 0 Å². The van der Waals surface area contributed by atoms with E-state index >= 15 is 0 Å². The molecule has 0 aliphatic rings. The molecule has 3 rings (SSSR count).